The molecule has 12 heteroatoms. The summed E-state index contributed by atoms with van der Waals surface area (Å²) < 4.78 is 26.7. The van der Waals surface area contributed by atoms with E-state index >= 15 is 4.39 Å². The number of halogens is 2. The molecule has 4 heterocycles. The number of anilines is 2. The molecule has 0 saturated heterocycles. The lowest BCUT2D eigenvalue weighted by Crippen LogP contribution is -2.43. The molecule has 10 nitrogen and oxygen atoms in total. The van der Waals surface area contributed by atoms with Crippen LogP contribution < -0.4 is 10.2 Å². The summed E-state index contributed by atoms with van der Waals surface area (Å²) in [4.78, 5) is 52.2. The van der Waals surface area contributed by atoms with E-state index in [1.54, 1.807) is 50.8 Å². The molecule has 224 valence electrons. The van der Waals surface area contributed by atoms with Crippen molar-refractivity contribution in [1.82, 2.24) is 4.90 Å². The number of ether oxygens (including phenoxy) is 2. The molecule has 2 N–H and O–H groups in total. The molecule has 0 bridgehead atoms. The van der Waals surface area contributed by atoms with Gasteiger partial charge in [0, 0.05) is 35.0 Å². The van der Waals surface area contributed by atoms with E-state index in [4.69, 9.17) is 9.47 Å². The van der Waals surface area contributed by atoms with Gasteiger partial charge in [0.25, 0.3) is 0 Å². The van der Waals surface area contributed by atoms with Gasteiger partial charge in [-0.2, -0.15) is 0 Å². The van der Waals surface area contributed by atoms with Crippen LogP contribution in [0.2, 0.25) is 0 Å². The van der Waals surface area contributed by atoms with Crippen molar-refractivity contribution in [3.8, 4) is 0 Å². The molecule has 1 atom stereocenters. The second kappa shape index (κ2) is 11.2. The molecule has 0 spiro atoms. The van der Waals surface area contributed by atoms with Gasteiger partial charge in [0.2, 0.25) is 5.76 Å². The maximum absolute atomic E-state index is 15.5. The minimum absolute atomic E-state index is 0.0290. The molecule has 43 heavy (non-hydrogen) atoms. The zero-order valence-electron chi connectivity index (χ0n) is 24.0. The van der Waals surface area contributed by atoms with Gasteiger partial charge in [-0.3, -0.25) is 5.32 Å². The van der Waals surface area contributed by atoms with Crippen LogP contribution in [-0.4, -0.2) is 64.8 Å². The first-order valence-electron chi connectivity index (χ1n) is 13.7. The van der Waals surface area contributed by atoms with E-state index in [9.17, 15) is 24.3 Å². The highest BCUT2D eigenvalue weighted by atomic mass is 79.9. The lowest BCUT2D eigenvalue weighted by Gasteiger charge is -2.43. The smallest absolute Gasteiger partial charge is 0.412 e. The molecule has 1 amide bonds. The largest absolute Gasteiger partial charge is 0.479 e. The molecule has 0 unspecified atom stereocenters. The second-order valence-corrected chi connectivity index (χ2v) is 12.2. The third-order valence-electron chi connectivity index (χ3n) is 7.75. The van der Waals surface area contributed by atoms with Crippen molar-refractivity contribution in [3.63, 3.8) is 0 Å². The van der Waals surface area contributed by atoms with Crippen molar-refractivity contribution in [1.29, 1.82) is 0 Å². The number of carbonyl (C=O) groups is 1. The van der Waals surface area contributed by atoms with E-state index in [2.05, 4.69) is 21.2 Å². The Morgan fingerprint density at radius 1 is 1.26 bits per heavy atom. The highest BCUT2D eigenvalue weighted by molar-refractivity contribution is 9.12. The van der Waals surface area contributed by atoms with Crippen molar-refractivity contribution < 1.29 is 38.1 Å². The van der Waals surface area contributed by atoms with Crippen molar-refractivity contribution in [2.75, 3.05) is 29.9 Å². The number of aliphatic hydroxyl groups is 1. The highest BCUT2D eigenvalue weighted by Crippen LogP contribution is 2.50. The van der Waals surface area contributed by atoms with Crippen LogP contribution in [0, 0.1) is 5.82 Å². The highest BCUT2D eigenvalue weighted by Gasteiger charge is 2.45. The molecule has 4 aliphatic rings. The fraction of sp³-hybridized carbons (Fsp3) is 0.387. The second-order valence-electron chi connectivity index (χ2n) is 11.4. The summed E-state index contributed by atoms with van der Waals surface area (Å²) >= 11 is 3.53. The zero-order valence-corrected chi connectivity index (χ0v) is 25.6. The Labute approximate surface area is 255 Å². The molecule has 0 aromatic heterocycles. The first kappa shape index (κ1) is 30.3. The predicted octanol–water partition coefficient (Wildman–Crippen LogP) is 4.49. The summed E-state index contributed by atoms with van der Waals surface area (Å²) in [5, 5.41) is 13.8. The Morgan fingerprint density at radius 3 is 2.63 bits per heavy atom. The number of nitrogens with zero attached hydrogens (tertiary/aromatic N) is 2. The number of rotatable bonds is 4. The average Bonchev–Trinajstić information content (AvgIpc) is 2.96. The van der Waals surface area contributed by atoms with Crippen molar-refractivity contribution in [3.05, 3.63) is 68.1 Å². The van der Waals surface area contributed by atoms with E-state index in [0.717, 1.165) is 0 Å². The number of hydrogen-bond acceptors (Lipinski definition) is 9. The molecule has 5 rings (SSSR count). The number of carbonyl (C=O) groups excluding carboxylic acids is 4. The Bertz CT molecular complexity index is 1680. The molecule has 0 aliphatic carbocycles. The van der Waals surface area contributed by atoms with Gasteiger partial charge in [0.15, 0.2) is 17.5 Å². The van der Waals surface area contributed by atoms with Crippen LogP contribution in [0.15, 0.2) is 51.1 Å². The number of benzene rings is 1. The van der Waals surface area contributed by atoms with Gasteiger partial charge in [-0.25, -0.2) is 23.6 Å². The Hall–Kier alpha value is -4.17. The van der Waals surface area contributed by atoms with E-state index < -0.39 is 23.1 Å². The predicted molar refractivity (Wildman–Crippen MR) is 159 cm³/mol. The van der Waals surface area contributed by atoms with Gasteiger partial charge in [0.05, 0.1) is 33.7 Å². The maximum Gasteiger partial charge on any atom is 0.412 e. The van der Waals surface area contributed by atoms with Gasteiger partial charge in [-0.1, -0.05) is 6.92 Å². The van der Waals surface area contributed by atoms with Gasteiger partial charge < -0.3 is 24.4 Å². The minimum atomic E-state index is -1.75. The number of amides is 1. The molecule has 0 radical (unpaired) electrons. The standard InChI is InChI=1S/C31H29BrFN3O7/c1-5-31(41)21-8-10-35(24(14-38)20(21)16-42-25(31)15-39)12-23-26(32)19(13-37)18-11-22(33)27(34-29(40)43-30(2,3)4)17-7-6-9-36(23)28(17)18/h8,10-11,41H,5-7,9,12,16H2,1-4H3,(H,34,40)/t31-/m0/s1. The molecular formula is C31H29BrFN3O7. The van der Waals surface area contributed by atoms with Crippen LogP contribution in [-0.2, 0) is 30.3 Å². The Kier molecular flexibility index (Phi) is 7.86. The molecule has 1 aromatic carbocycles. The topological polar surface area (TPSA) is 125 Å². The van der Waals surface area contributed by atoms with E-state index in [-0.39, 0.29) is 42.3 Å². The molecule has 4 aliphatic heterocycles. The van der Waals surface area contributed by atoms with Crippen LogP contribution in [0.25, 0.3) is 5.57 Å². The minimum Gasteiger partial charge on any atom is -0.479 e. The zero-order chi connectivity index (χ0) is 31.3. The maximum atomic E-state index is 15.5. The monoisotopic (exact) mass is 653 g/mol. The molecular weight excluding hydrogens is 625 g/mol. The molecule has 0 saturated carbocycles. The first-order valence-corrected chi connectivity index (χ1v) is 14.5. The quantitative estimate of drug-likeness (QED) is 0.452. The average molecular weight is 654 g/mol. The number of nitrogens with one attached hydrogen (secondary N) is 1. The van der Waals surface area contributed by atoms with Crippen molar-refractivity contribution in [2.24, 2.45) is 0 Å². The van der Waals surface area contributed by atoms with Gasteiger partial charge >= 0.3 is 6.09 Å². The van der Waals surface area contributed by atoms with Crippen LogP contribution >= 0.6 is 15.9 Å². The SMILES string of the molecule is CC[C@@]1(O)C(=C=O)OCC2=C1C=CN(CC1=C(Br)C(=C=O)c3cc(F)c(NC(=O)OC(C)(C)C)c4c3N1CCC4)C2=C=O. The fourth-order valence-electron chi connectivity index (χ4n) is 5.85. The molecule has 0 fully saturated rings. The normalized spacial score (nSPS) is 21.0. The lowest BCUT2D eigenvalue weighted by molar-refractivity contribution is 0.0313. The van der Waals surface area contributed by atoms with Gasteiger partial charge in [-0.15, -0.1) is 0 Å². The summed E-state index contributed by atoms with van der Waals surface area (Å²) in [5.41, 5.74) is 0.273. The van der Waals surface area contributed by atoms with Crippen LogP contribution in [0.3, 0.4) is 0 Å². The third-order valence-corrected chi connectivity index (χ3v) is 8.60. The van der Waals surface area contributed by atoms with Gasteiger partial charge in [-0.05, 0) is 68.1 Å². The summed E-state index contributed by atoms with van der Waals surface area (Å²) in [6, 6.07) is 1.19. The fourth-order valence-corrected chi connectivity index (χ4v) is 6.48. The third kappa shape index (κ3) is 5.07. The Morgan fingerprint density at radius 2 is 2.00 bits per heavy atom. The lowest BCUT2D eigenvalue weighted by atomic mass is 9.81. The van der Waals surface area contributed by atoms with Crippen molar-refractivity contribution >= 4 is 56.8 Å². The van der Waals surface area contributed by atoms with Crippen LogP contribution in [0.1, 0.15) is 51.7 Å². The van der Waals surface area contributed by atoms with Gasteiger partial charge in [0.1, 0.15) is 29.7 Å². The Balaban J connectivity index is 1.56. The first-order chi connectivity index (χ1) is 20.4. The number of allylic oxidation sites excluding steroid dienone is 2. The van der Waals surface area contributed by atoms with Crippen LogP contribution in [0.5, 0.6) is 0 Å². The van der Waals surface area contributed by atoms with E-state index in [1.807, 2.05) is 16.8 Å². The van der Waals surface area contributed by atoms with Crippen LogP contribution in [0.4, 0.5) is 20.6 Å². The summed E-state index contributed by atoms with van der Waals surface area (Å²) in [6.45, 7) is 7.21. The molecule has 1 aromatic rings. The van der Waals surface area contributed by atoms with E-state index in [0.29, 0.717) is 57.5 Å². The number of hydrogen-bond donors (Lipinski definition) is 2. The summed E-state index contributed by atoms with van der Waals surface area (Å²) in [7, 11) is 0. The summed E-state index contributed by atoms with van der Waals surface area (Å²) in [5.74, 6) is 4.56. The summed E-state index contributed by atoms with van der Waals surface area (Å²) in [6.07, 6.45) is 3.53. The van der Waals surface area contributed by atoms with E-state index in [1.165, 1.54) is 6.07 Å². The van der Waals surface area contributed by atoms with Crippen molar-refractivity contribution in [2.45, 2.75) is 58.2 Å².